The van der Waals surface area contributed by atoms with Gasteiger partial charge in [0.2, 0.25) is 0 Å². The van der Waals surface area contributed by atoms with Crippen molar-refractivity contribution in [3.8, 4) is 10.6 Å². The van der Waals surface area contributed by atoms with Crippen LogP contribution in [0.4, 0.5) is 30.1 Å². The first-order chi connectivity index (χ1) is 17.9. The summed E-state index contributed by atoms with van der Waals surface area (Å²) in [5.74, 6) is -1.67. The van der Waals surface area contributed by atoms with Crippen molar-refractivity contribution in [1.29, 1.82) is 0 Å². The van der Waals surface area contributed by atoms with Crippen molar-refractivity contribution < 1.29 is 23.1 Å². The molecule has 1 aliphatic rings. The van der Waals surface area contributed by atoms with Crippen LogP contribution in [0.25, 0.3) is 10.6 Å². The van der Waals surface area contributed by atoms with E-state index in [1.54, 1.807) is 32.5 Å². The first kappa shape index (κ1) is 27.5. The molecule has 0 spiro atoms. The van der Waals surface area contributed by atoms with E-state index in [2.05, 4.69) is 25.6 Å². The lowest BCUT2D eigenvalue weighted by Gasteiger charge is -2.24. The lowest BCUT2D eigenvalue weighted by atomic mass is 10.1. The Kier molecular flexibility index (Phi) is 7.97. The Morgan fingerprint density at radius 3 is 2.55 bits per heavy atom. The summed E-state index contributed by atoms with van der Waals surface area (Å²) in [7, 11) is 1.77. The Labute approximate surface area is 223 Å². The quantitative estimate of drug-likeness (QED) is 0.421. The van der Waals surface area contributed by atoms with Gasteiger partial charge in [-0.1, -0.05) is 17.4 Å². The summed E-state index contributed by atoms with van der Waals surface area (Å²) < 4.78 is 36.0. The molecule has 3 aromatic rings. The number of aryl methyl sites for hydroxylation is 1. The summed E-state index contributed by atoms with van der Waals surface area (Å²) >= 11 is 0.766. The normalized spacial score (nSPS) is 16.2. The van der Waals surface area contributed by atoms with Crippen LogP contribution in [0.5, 0.6) is 0 Å². The van der Waals surface area contributed by atoms with E-state index in [4.69, 9.17) is 10.5 Å². The average molecular weight is 548 g/mol. The molecule has 2 aromatic heterocycles. The molecular formula is C25H31F2N7O3S. The van der Waals surface area contributed by atoms with Gasteiger partial charge in [-0.2, -0.15) is 5.10 Å². The molecule has 0 aliphatic carbocycles. The van der Waals surface area contributed by atoms with Gasteiger partial charge in [0.05, 0.1) is 11.8 Å². The number of thiazole rings is 1. The zero-order valence-electron chi connectivity index (χ0n) is 21.7. The number of amides is 2. The highest BCUT2D eigenvalue weighted by Gasteiger charge is 2.28. The van der Waals surface area contributed by atoms with Crippen LogP contribution in [0.15, 0.2) is 24.4 Å². The number of aromatic nitrogens is 3. The molecule has 4 N–H and O–H groups in total. The van der Waals surface area contributed by atoms with Crippen molar-refractivity contribution in [2.45, 2.75) is 51.7 Å². The molecule has 0 bridgehead atoms. The Bertz CT molecular complexity index is 1310. The van der Waals surface area contributed by atoms with Gasteiger partial charge >= 0.3 is 6.09 Å². The van der Waals surface area contributed by atoms with Gasteiger partial charge in [0.1, 0.15) is 32.9 Å². The molecule has 38 heavy (non-hydrogen) atoms. The Morgan fingerprint density at radius 1 is 1.16 bits per heavy atom. The highest BCUT2D eigenvalue weighted by atomic mass is 32.1. The lowest BCUT2D eigenvalue weighted by Crippen LogP contribution is -2.29. The first-order valence-corrected chi connectivity index (χ1v) is 13.0. The second kappa shape index (κ2) is 11.0. The van der Waals surface area contributed by atoms with E-state index < -0.39 is 34.8 Å². The van der Waals surface area contributed by atoms with Crippen LogP contribution in [0.1, 0.15) is 50.5 Å². The van der Waals surface area contributed by atoms with Crippen LogP contribution >= 0.6 is 11.3 Å². The van der Waals surface area contributed by atoms with Gasteiger partial charge in [0.15, 0.2) is 11.5 Å². The molecular weight excluding hydrogens is 516 g/mol. The Balaban J connectivity index is 1.67. The van der Waals surface area contributed by atoms with Crippen LogP contribution in [0.2, 0.25) is 0 Å². The number of ether oxygens (including phenoxy) is 1. The number of benzene rings is 1. The summed E-state index contributed by atoms with van der Waals surface area (Å²) in [4.78, 5) is 32.3. The fourth-order valence-corrected chi connectivity index (χ4v) is 5.17. The van der Waals surface area contributed by atoms with E-state index in [1.807, 2.05) is 0 Å². The molecule has 1 fully saturated rings. The number of nitrogens with zero attached hydrogens (tertiary/aromatic N) is 4. The molecule has 1 atom stereocenters. The number of halogens is 2. The van der Waals surface area contributed by atoms with Crippen LogP contribution in [0, 0.1) is 11.6 Å². The lowest BCUT2D eigenvalue weighted by molar-refractivity contribution is 0.0636. The van der Waals surface area contributed by atoms with Crippen LogP contribution in [0.3, 0.4) is 0 Å². The molecule has 2 amide bonds. The van der Waals surface area contributed by atoms with Crippen LogP contribution in [-0.4, -0.2) is 51.5 Å². The van der Waals surface area contributed by atoms with Gasteiger partial charge in [0.25, 0.3) is 5.91 Å². The fraction of sp³-hybridized carbons (Fsp3) is 0.440. The Hall–Kier alpha value is -3.58. The molecule has 10 nitrogen and oxygen atoms in total. The maximum Gasteiger partial charge on any atom is 0.412 e. The highest BCUT2D eigenvalue weighted by molar-refractivity contribution is 7.19. The molecule has 3 heterocycles. The highest BCUT2D eigenvalue weighted by Crippen LogP contribution is 2.36. The third-order valence-corrected chi connectivity index (χ3v) is 6.85. The summed E-state index contributed by atoms with van der Waals surface area (Å²) in [6, 6.07) is 3.53. The predicted molar refractivity (Wildman–Crippen MR) is 143 cm³/mol. The van der Waals surface area contributed by atoms with Crippen LogP contribution < -0.4 is 21.3 Å². The molecule has 1 unspecified atom stereocenters. The van der Waals surface area contributed by atoms with E-state index in [9.17, 15) is 18.4 Å². The van der Waals surface area contributed by atoms with Crippen molar-refractivity contribution in [1.82, 2.24) is 14.8 Å². The zero-order chi connectivity index (χ0) is 27.6. The van der Waals surface area contributed by atoms with Gasteiger partial charge in [0, 0.05) is 26.2 Å². The summed E-state index contributed by atoms with van der Waals surface area (Å²) in [6.45, 7) is 6.50. The molecule has 1 aliphatic heterocycles. The number of anilines is 3. The SMILES string of the molecule is Cn1ncc(NC(=O)c2nc(-c3c(F)cccc3F)sc2NC(=O)OC(C)(C)C)c1N1CCCC(N)CC1. The predicted octanol–water partition coefficient (Wildman–Crippen LogP) is 4.74. The maximum atomic E-state index is 14.5. The third kappa shape index (κ3) is 6.27. The molecule has 13 heteroatoms. The second-order valence-corrected chi connectivity index (χ2v) is 11.1. The second-order valence-electron chi connectivity index (χ2n) is 10.1. The minimum absolute atomic E-state index is 0.0133. The average Bonchev–Trinajstić information content (AvgIpc) is 3.30. The molecule has 1 aromatic carbocycles. The zero-order valence-corrected chi connectivity index (χ0v) is 22.5. The van der Waals surface area contributed by atoms with Crippen molar-refractivity contribution in [2.24, 2.45) is 12.8 Å². The monoisotopic (exact) mass is 547 g/mol. The first-order valence-electron chi connectivity index (χ1n) is 12.2. The maximum absolute atomic E-state index is 14.5. The number of carbonyl (C=O) groups is 2. The van der Waals surface area contributed by atoms with Crippen molar-refractivity contribution in [3.63, 3.8) is 0 Å². The minimum atomic E-state index is -0.844. The largest absolute Gasteiger partial charge is 0.444 e. The summed E-state index contributed by atoms with van der Waals surface area (Å²) in [5, 5.41) is 9.48. The minimum Gasteiger partial charge on any atom is -0.444 e. The van der Waals surface area contributed by atoms with Gasteiger partial charge in [-0.15, -0.1) is 0 Å². The van der Waals surface area contributed by atoms with E-state index in [0.717, 1.165) is 49.3 Å². The van der Waals surface area contributed by atoms with E-state index in [1.165, 1.54) is 12.3 Å². The van der Waals surface area contributed by atoms with Gasteiger partial charge in [-0.25, -0.2) is 18.6 Å². The molecule has 0 radical (unpaired) electrons. The van der Waals surface area contributed by atoms with Crippen molar-refractivity contribution >= 4 is 39.8 Å². The summed E-state index contributed by atoms with van der Waals surface area (Å²) in [5.41, 5.74) is 5.14. The van der Waals surface area contributed by atoms with Gasteiger partial charge < -0.3 is 20.7 Å². The number of hydrogen-bond acceptors (Lipinski definition) is 8. The number of rotatable bonds is 5. The van der Waals surface area contributed by atoms with Crippen LogP contribution in [-0.2, 0) is 11.8 Å². The Morgan fingerprint density at radius 2 is 1.87 bits per heavy atom. The third-order valence-electron chi connectivity index (χ3n) is 5.86. The van der Waals surface area contributed by atoms with Gasteiger partial charge in [-0.3, -0.25) is 14.8 Å². The van der Waals surface area contributed by atoms with E-state index in [-0.39, 0.29) is 21.7 Å². The summed E-state index contributed by atoms with van der Waals surface area (Å²) in [6.07, 6.45) is 3.28. The van der Waals surface area contributed by atoms with Crippen molar-refractivity contribution in [3.05, 3.63) is 41.7 Å². The van der Waals surface area contributed by atoms with Gasteiger partial charge in [-0.05, 0) is 52.2 Å². The molecule has 204 valence electrons. The standard InChI is InChI=1S/C25H31F2N7O3S/c1-25(2,3)37-24(36)32-22-19(31-21(38-22)18-15(26)8-5-9-16(18)27)20(35)30-17-13-29-33(4)23(17)34-11-6-7-14(28)10-12-34/h5,8-9,13-14H,6-7,10-12,28H2,1-4H3,(H,30,35)(H,32,36). The smallest absolute Gasteiger partial charge is 0.412 e. The van der Waals surface area contributed by atoms with E-state index in [0.29, 0.717) is 18.1 Å². The number of nitrogens with two attached hydrogens (primary N) is 1. The molecule has 4 rings (SSSR count). The number of nitrogens with one attached hydrogen (secondary N) is 2. The molecule has 1 saturated heterocycles. The van der Waals surface area contributed by atoms with Crippen molar-refractivity contribution in [2.75, 3.05) is 28.6 Å². The number of hydrogen-bond donors (Lipinski definition) is 3. The topological polar surface area (TPSA) is 127 Å². The number of carbonyl (C=O) groups excluding carboxylic acids is 2. The fourth-order valence-electron chi connectivity index (χ4n) is 4.17. The molecule has 0 saturated carbocycles. The van der Waals surface area contributed by atoms with E-state index >= 15 is 0 Å².